The lowest BCUT2D eigenvalue weighted by Crippen LogP contribution is -2.33. The smallest absolute Gasteiger partial charge is 0.339 e. The highest BCUT2D eigenvalue weighted by Gasteiger charge is 2.22. The first-order chi connectivity index (χ1) is 15.8. The number of hydrogen-bond donors (Lipinski definition) is 1. The monoisotopic (exact) mass is 472 g/mol. The largest absolute Gasteiger partial charge is 0.467 e. The topological polar surface area (TPSA) is 115 Å². The van der Waals surface area contributed by atoms with E-state index in [1.54, 1.807) is 30.3 Å². The lowest BCUT2D eigenvalue weighted by Gasteiger charge is -2.22. The van der Waals surface area contributed by atoms with Gasteiger partial charge in [-0.25, -0.2) is 0 Å². The van der Waals surface area contributed by atoms with Gasteiger partial charge >= 0.3 is 10.1 Å². The third-order valence-corrected chi connectivity index (χ3v) is 5.79. The summed E-state index contributed by atoms with van der Waals surface area (Å²) in [4.78, 5) is 25.1. The van der Waals surface area contributed by atoms with Crippen molar-refractivity contribution in [2.45, 2.75) is 24.9 Å². The highest BCUT2D eigenvalue weighted by Crippen LogP contribution is 2.26. The molecule has 0 saturated carbocycles. The van der Waals surface area contributed by atoms with Gasteiger partial charge in [-0.1, -0.05) is 18.2 Å². The van der Waals surface area contributed by atoms with Crippen molar-refractivity contribution in [3.05, 3.63) is 78.3 Å². The quantitative estimate of drug-likeness (QED) is 0.451. The average Bonchev–Trinajstić information content (AvgIpc) is 3.28. The predicted octanol–water partition coefficient (Wildman–Crippen LogP) is 3.18. The number of anilines is 1. The SMILES string of the molecule is COCC(=O)N(Cc1ccco1)Cc1ccccc1OS(=O)(=O)c1ccc(NC(C)=O)cc1. The van der Waals surface area contributed by atoms with Crippen LogP contribution >= 0.6 is 0 Å². The highest BCUT2D eigenvalue weighted by molar-refractivity contribution is 7.87. The van der Waals surface area contributed by atoms with Crippen LogP contribution in [0.3, 0.4) is 0 Å². The van der Waals surface area contributed by atoms with Crippen LogP contribution in [0.15, 0.2) is 76.2 Å². The summed E-state index contributed by atoms with van der Waals surface area (Å²) in [6.07, 6.45) is 1.51. The maximum Gasteiger partial charge on any atom is 0.339 e. The van der Waals surface area contributed by atoms with Crippen molar-refractivity contribution < 1.29 is 31.3 Å². The van der Waals surface area contributed by atoms with Crippen molar-refractivity contribution in [1.29, 1.82) is 0 Å². The van der Waals surface area contributed by atoms with Crippen LogP contribution in [0.25, 0.3) is 0 Å². The molecule has 33 heavy (non-hydrogen) atoms. The summed E-state index contributed by atoms with van der Waals surface area (Å²) in [5, 5.41) is 2.57. The molecule has 0 radical (unpaired) electrons. The standard InChI is InChI=1S/C23H24N2O7S/c1-17(26)24-19-9-11-21(12-10-19)33(28,29)32-22-8-4-3-6-18(22)14-25(23(27)16-30-2)15-20-7-5-13-31-20/h3-13H,14-16H2,1-2H3,(H,24,26). The molecule has 1 N–H and O–H groups in total. The zero-order chi connectivity index (χ0) is 23.8. The number of para-hydroxylation sites is 1. The molecule has 2 aromatic carbocycles. The first-order valence-corrected chi connectivity index (χ1v) is 11.4. The van der Waals surface area contributed by atoms with Gasteiger partial charge in [0.15, 0.2) is 0 Å². The van der Waals surface area contributed by atoms with Crippen LogP contribution in [-0.4, -0.2) is 38.8 Å². The van der Waals surface area contributed by atoms with E-state index in [2.05, 4.69) is 5.32 Å². The van der Waals surface area contributed by atoms with E-state index >= 15 is 0 Å². The number of rotatable bonds is 10. The third-order valence-electron chi connectivity index (χ3n) is 4.54. The Labute approximate surface area is 192 Å². The molecular formula is C23H24N2O7S. The molecule has 0 fully saturated rings. The zero-order valence-electron chi connectivity index (χ0n) is 18.2. The summed E-state index contributed by atoms with van der Waals surface area (Å²) >= 11 is 0. The van der Waals surface area contributed by atoms with Crippen molar-refractivity contribution >= 4 is 27.6 Å². The van der Waals surface area contributed by atoms with Crippen LogP contribution in [-0.2, 0) is 37.5 Å². The number of ether oxygens (including phenoxy) is 1. The van der Waals surface area contributed by atoms with Crippen LogP contribution < -0.4 is 9.50 Å². The molecule has 2 amide bonds. The van der Waals surface area contributed by atoms with Crippen molar-refractivity contribution in [3.63, 3.8) is 0 Å². The molecule has 3 rings (SSSR count). The van der Waals surface area contributed by atoms with Crippen molar-refractivity contribution in [1.82, 2.24) is 4.90 Å². The molecule has 1 heterocycles. The maximum atomic E-state index is 12.8. The van der Waals surface area contributed by atoms with E-state index in [-0.39, 0.29) is 42.2 Å². The zero-order valence-corrected chi connectivity index (χ0v) is 19.0. The minimum Gasteiger partial charge on any atom is -0.467 e. The number of nitrogens with zero attached hydrogens (tertiary/aromatic N) is 1. The second kappa shape index (κ2) is 10.8. The maximum absolute atomic E-state index is 12.8. The minimum absolute atomic E-state index is 0.0747. The summed E-state index contributed by atoms with van der Waals surface area (Å²) in [7, 11) is -2.74. The second-order valence-electron chi connectivity index (χ2n) is 7.11. The number of amides is 2. The predicted molar refractivity (Wildman–Crippen MR) is 120 cm³/mol. The molecule has 0 saturated heterocycles. The number of furan rings is 1. The molecule has 1 aromatic heterocycles. The number of carbonyl (C=O) groups is 2. The molecule has 10 heteroatoms. The molecule has 0 aliphatic carbocycles. The van der Waals surface area contributed by atoms with Crippen LogP contribution in [0.2, 0.25) is 0 Å². The fourth-order valence-electron chi connectivity index (χ4n) is 3.03. The van der Waals surface area contributed by atoms with Crippen LogP contribution in [0, 0.1) is 0 Å². The summed E-state index contributed by atoms with van der Waals surface area (Å²) < 4.78 is 41.4. The van der Waals surface area contributed by atoms with Crippen LogP contribution in [0.5, 0.6) is 5.75 Å². The van der Waals surface area contributed by atoms with E-state index in [9.17, 15) is 18.0 Å². The average molecular weight is 473 g/mol. The fourth-order valence-corrected chi connectivity index (χ4v) is 4.00. The van der Waals surface area contributed by atoms with E-state index in [0.29, 0.717) is 17.0 Å². The second-order valence-corrected chi connectivity index (χ2v) is 8.66. The Hall–Kier alpha value is -3.63. The molecule has 0 spiro atoms. The molecule has 0 unspecified atom stereocenters. The third kappa shape index (κ3) is 6.67. The van der Waals surface area contributed by atoms with Gasteiger partial charge in [0.2, 0.25) is 11.8 Å². The van der Waals surface area contributed by atoms with E-state index < -0.39 is 10.1 Å². The first-order valence-electron chi connectivity index (χ1n) is 9.97. The van der Waals surface area contributed by atoms with Crippen molar-refractivity contribution in [2.24, 2.45) is 0 Å². The molecule has 0 bridgehead atoms. The van der Waals surface area contributed by atoms with Gasteiger partial charge in [-0.05, 0) is 42.5 Å². The Morgan fingerprint density at radius 1 is 1.00 bits per heavy atom. The van der Waals surface area contributed by atoms with Gasteiger partial charge in [-0.2, -0.15) is 8.42 Å². The number of carbonyl (C=O) groups excluding carboxylic acids is 2. The van der Waals surface area contributed by atoms with Gasteiger partial charge in [0.1, 0.15) is 23.0 Å². The van der Waals surface area contributed by atoms with E-state index in [4.69, 9.17) is 13.3 Å². The van der Waals surface area contributed by atoms with Crippen LogP contribution in [0.4, 0.5) is 5.69 Å². The van der Waals surface area contributed by atoms with Crippen LogP contribution in [0.1, 0.15) is 18.2 Å². The molecule has 0 aliphatic rings. The molecule has 174 valence electrons. The van der Waals surface area contributed by atoms with E-state index in [0.717, 1.165) is 0 Å². The number of hydrogen-bond acceptors (Lipinski definition) is 7. The highest BCUT2D eigenvalue weighted by atomic mass is 32.2. The number of benzene rings is 2. The lowest BCUT2D eigenvalue weighted by atomic mass is 10.2. The summed E-state index contributed by atoms with van der Waals surface area (Å²) in [6.45, 7) is 1.48. The summed E-state index contributed by atoms with van der Waals surface area (Å²) in [6, 6.07) is 15.6. The number of nitrogens with one attached hydrogen (secondary N) is 1. The van der Waals surface area contributed by atoms with Gasteiger partial charge in [-0.15, -0.1) is 0 Å². The lowest BCUT2D eigenvalue weighted by molar-refractivity contribution is -0.136. The minimum atomic E-state index is -4.16. The molecular weight excluding hydrogens is 448 g/mol. The Kier molecular flexibility index (Phi) is 7.86. The van der Waals surface area contributed by atoms with Gasteiger partial charge in [0.25, 0.3) is 0 Å². The number of methoxy groups -OCH3 is 1. The van der Waals surface area contributed by atoms with Crippen molar-refractivity contribution in [3.8, 4) is 5.75 Å². The summed E-state index contributed by atoms with van der Waals surface area (Å²) in [5.41, 5.74) is 0.957. The Morgan fingerprint density at radius 3 is 2.36 bits per heavy atom. The first kappa shape index (κ1) is 24.0. The Bertz CT molecular complexity index is 1190. The van der Waals surface area contributed by atoms with Gasteiger partial charge in [-0.3, -0.25) is 9.59 Å². The summed E-state index contributed by atoms with van der Waals surface area (Å²) in [5.74, 6) is 0.112. The van der Waals surface area contributed by atoms with E-state index in [1.807, 2.05) is 0 Å². The molecule has 0 atom stereocenters. The fraction of sp³-hybridized carbons (Fsp3) is 0.217. The Morgan fingerprint density at radius 2 is 1.73 bits per heavy atom. The molecule has 3 aromatic rings. The van der Waals surface area contributed by atoms with Gasteiger partial charge in [0, 0.05) is 31.8 Å². The van der Waals surface area contributed by atoms with E-state index in [1.165, 1.54) is 55.5 Å². The van der Waals surface area contributed by atoms with Gasteiger partial charge < -0.3 is 23.6 Å². The van der Waals surface area contributed by atoms with Crippen molar-refractivity contribution in [2.75, 3.05) is 19.0 Å². The molecule has 0 aliphatic heterocycles. The Balaban J connectivity index is 1.82. The normalized spacial score (nSPS) is 11.1. The molecule has 9 nitrogen and oxygen atoms in total. The van der Waals surface area contributed by atoms with Gasteiger partial charge in [0.05, 0.1) is 12.8 Å².